The van der Waals surface area contributed by atoms with Gasteiger partial charge in [-0.1, -0.05) is 103 Å². The van der Waals surface area contributed by atoms with Crippen LogP contribution in [-0.4, -0.2) is 62.6 Å². The molecule has 0 aliphatic carbocycles. The van der Waals surface area contributed by atoms with Gasteiger partial charge in [0.2, 0.25) is 0 Å². The molecule has 6 heteroatoms. The number of benzene rings is 2. The molecule has 0 amide bonds. The first-order valence-electron chi connectivity index (χ1n) is 17.5. The van der Waals surface area contributed by atoms with Crippen molar-refractivity contribution in [1.29, 1.82) is 0 Å². The highest BCUT2D eigenvalue weighted by Gasteiger charge is 2.49. The zero-order valence-electron chi connectivity index (χ0n) is 28.2. The molecule has 0 radical (unpaired) electrons. The second kappa shape index (κ2) is 21.1. The second-order valence-electron chi connectivity index (χ2n) is 12.1. The quantitative estimate of drug-likeness (QED) is 0.135. The minimum absolute atomic E-state index is 0.0716. The summed E-state index contributed by atoms with van der Waals surface area (Å²) >= 11 is 0. The molecule has 0 unspecified atom stereocenters. The van der Waals surface area contributed by atoms with E-state index in [1.807, 2.05) is 6.07 Å². The van der Waals surface area contributed by atoms with Gasteiger partial charge in [-0.25, -0.2) is 0 Å². The Kier molecular flexibility index (Phi) is 17.6. The van der Waals surface area contributed by atoms with Crippen molar-refractivity contribution in [3.63, 3.8) is 0 Å². The number of aryl methyl sites for hydroxylation is 1. The largest absolute Gasteiger partial charge is 0.392 e. The van der Waals surface area contributed by atoms with Gasteiger partial charge in [0.15, 0.2) is 0 Å². The van der Waals surface area contributed by atoms with Crippen molar-refractivity contribution in [2.45, 2.75) is 136 Å². The van der Waals surface area contributed by atoms with Crippen molar-refractivity contribution >= 4 is 0 Å². The normalized spacial score (nSPS) is 22.0. The molecule has 1 fully saturated rings. The average Bonchev–Trinajstić information content (AvgIpc) is 3.05. The summed E-state index contributed by atoms with van der Waals surface area (Å²) in [6.45, 7) is 13.8. The fourth-order valence-corrected chi connectivity index (χ4v) is 5.70. The van der Waals surface area contributed by atoms with Crippen LogP contribution in [0, 0.1) is 0 Å². The van der Waals surface area contributed by atoms with Crippen LogP contribution in [0.15, 0.2) is 42.5 Å². The maximum atomic E-state index is 10.5. The lowest BCUT2D eigenvalue weighted by Gasteiger charge is -2.47. The summed E-state index contributed by atoms with van der Waals surface area (Å²) in [7, 11) is 0. The fourth-order valence-electron chi connectivity index (χ4n) is 5.70. The third-order valence-electron chi connectivity index (χ3n) is 8.51. The molecular formula is C38H60O6. The summed E-state index contributed by atoms with van der Waals surface area (Å²) in [4.78, 5) is 0. The maximum Gasteiger partial charge on any atom is 0.117 e. The highest BCUT2D eigenvalue weighted by molar-refractivity contribution is 5.38. The molecule has 0 bridgehead atoms. The molecule has 0 aromatic heterocycles. The van der Waals surface area contributed by atoms with Crippen molar-refractivity contribution in [3.05, 3.63) is 70.3 Å². The van der Waals surface area contributed by atoms with Gasteiger partial charge in [-0.3, -0.25) is 0 Å². The van der Waals surface area contributed by atoms with Crippen LogP contribution in [0.2, 0.25) is 0 Å². The van der Waals surface area contributed by atoms with Crippen molar-refractivity contribution in [1.82, 2.24) is 0 Å². The van der Waals surface area contributed by atoms with E-state index in [0.29, 0.717) is 33.0 Å². The van der Waals surface area contributed by atoms with Gasteiger partial charge in [0.25, 0.3) is 0 Å². The van der Waals surface area contributed by atoms with Gasteiger partial charge in [0, 0.05) is 26.4 Å². The number of aliphatic hydroxyl groups excluding tert-OH is 1. The van der Waals surface area contributed by atoms with Gasteiger partial charge in [0.1, 0.15) is 30.5 Å². The minimum Gasteiger partial charge on any atom is -0.392 e. The Hall–Kier alpha value is -1.80. The van der Waals surface area contributed by atoms with E-state index in [1.165, 1.54) is 16.7 Å². The number of hydrogen-bond acceptors (Lipinski definition) is 6. The Morgan fingerprint density at radius 1 is 0.636 bits per heavy atom. The molecule has 2 aromatic rings. The van der Waals surface area contributed by atoms with Gasteiger partial charge < -0.3 is 28.8 Å². The highest BCUT2D eigenvalue weighted by atomic mass is 16.6. The lowest BCUT2D eigenvalue weighted by Crippen LogP contribution is -2.58. The number of ether oxygens (including phenoxy) is 5. The zero-order valence-corrected chi connectivity index (χ0v) is 28.2. The first-order chi connectivity index (χ1) is 21.6. The van der Waals surface area contributed by atoms with Crippen LogP contribution in [-0.2, 0) is 43.1 Å². The van der Waals surface area contributed by atoms with E-state index in [-0.39, 0.29) is 31.0 Å². The Labute approximate surface area is 267 Å². The summed E-state index contributed by atoms with van der Waals surface area (Å²) in [5.41, 5.74) is 5.60. The van der Waals surface area contributed by atoms with Crippen molar-refractivity contribution in [2.75, 3.05) is 33.0 Å². The Balaban J connectivity index is 2.02. The number of hydrogen-bond donors (Lipinski definition) is 1. The summed E-state index contributed by atoms with van der Waals surface area (Å²) in [6.07, 6.45) is 8.23. The summed E-state index contributed by atoms with van der Waals surface area (Å²) in [6, 6.07) is 15.2. The monoisotopic (exact) mass is 612 g/mol. The molecule has 0 spiro atoms. The summed E-state index contributed by atoms with van der Waals surface area (Å²) in [5, 5.41) is 10.5. The third-order valence-corrected chi connectivity index (χ3v) is 8.51. The van der Waals surface area contributed by atoms with Gasteiger partial charge in [0.05, 0.1) is 13.2 Å². The van der Waals surface area contributed by atoms with E-state index >= 15 is 0 Å². The van der Waals surface area contributed by atoms with Crippen LogP contribution in [0.5, 0.6) is 0 Å². The topological polar surface area (TPSA) is 66.4 Å². The van der Waals surface area contributed by atoms with Crippen LogP contribution in [0.1, 0.15) is 120 Å². The van der Waals surface area contributed by atoms with Crippen LogP contribution in [0.4, 0.5) is 0 Å². The van der Waals surface area contributed by atoms with Crippen LogP contribution in [0.3, 0.4) is 0 Å². The molecule has 1 N–H and O–H groups in total. The second-order valence-corrected chi connectivity index (χ2v) is 12.1. The maximum absolute atomic E-state index is 10.5. The molecule has 1 heterocycles. The molecule has 5 atom stereocenters. The molecule has 1 aliphatic rings. The first kappa shape index (κ1) is 36.7. The van der Waals surface area contributed by atoms with E-state index in [2.05, 4.69) is 71.0 Å². The molecule has 2 aromatic carbocycles. The molecule has 44 heavy (non-hydrogen) atoms. The van der Waals surface area contributed by atoms with Crippen molar-refractivity contribution in [2.24, 2.45) is 0 Å². The standard InChI is InChI=1S/C38H60O6/c1-6-11-21-40-28-34-36(41-22-12-7-2)38(43-24-14-9-4)37(42-23-13-8-3)35(44-34)33-26-31(19-20-32(33)27-39)25-30-17-15-29(10-5)16-18-30/h15-20,26,34-39H,6-14,21-25,27-28H2,1-5H3/t34-,35+,36-,37-,38+/m1/s1. The van der Waals surface area contributed by atoms with Crippen LogP contribution in [0.25, 0.3) is 0 Å². The lowest BCUT2D eigenvalue weighted by molar-refractivity contribution is -0.268. The molecule has 1 saturated heterocycles. The van der Waals surface area contributed by atoms with Gasteiger partial charge in [-0.05, 0) is 66.3 Å². The van der Waals surface area contributed by atoms with Crippen molar-refractivity contribution < 1.29 is 28.8 Å². The molecule has 248 valence electrons. The lowest BCUT2D eigenvalue weighted by atomic mass is 9.87. The van der Waals surface area contributed by atoms with E-state index in [0.717, 1.165) is 75.3 Å². The minimum atomic E-state index is -0.422. The van der Waals surface area contributed by atoms with Gasteiger partial charge in [-0.2, -0.15) is 0 Å². The summed E-state index contributed by atoms with van der Waals surface area (Å²) < 4.78 is 33.1. The van der Waals surface area contributed by atoms with E-state index in [1.54, 1.807) is 0 Å². The average molecular weight is 613 g/mol. The van der Waals surface area contributed by atoms with Crippen molar-refractivity contribution in [3.8, 4) is 0 Å². The summed E-state index contributed by atoms with van der Waals surface area (Å²) in [5.74, 6) is 0. The number of unbranched alkanes of at least 4 members (excludes halogenated alkanes) is 4. The molecule has 6 nitrogen and oxygen atoms in total. The highest BCUT2D eigenvalue weighted by Crippen LogP contribution is 2.39. The Morgan fingerprint density at radius 2 is 1.18 bits per heavy atom. The van der Waals surface area contributed by atoms with Crippen LogP contribution >= 0.6 is 0 Å². The smallest absolute Gasteiger partial charge is 0.117 e. The van der Waals surface area contributed by atoms with Crippen LogP contribution < -0.4 is 0 Å². The molecular weight excluding hydrogens is 552 g/mol. The first-order valence-corrected chi connectivity index (χ1v) is 17.5. The van der Waals surface area contributed by atoms with E-state index < -0.39 is 6.10 Å². The molecule has 3 rings (SSSR count). The number of aliphatic hydroxyl groups is 1. The zero-order chi connectivity index (χ0) is 31.6. The molecule has 0 saturated carbocycles. The van der Waals surface area contributed by atoms with Gasteiger partial charge in [-0.15, -0.1) is 0 Å². The van der Waals surface area contributed by atoms with E-state index in [9.17, 15) is 5.11 Å². The third kappa shape index (κ3) is 11.2. The molecule has 1 aliphatic heterocycles. The fraction of sp³-hybridized carbons (Fsp3) is 0.684. The predicted molar refractivity (Wildman–Crippen MR) is 178 cm³/mol. The van der Waals surface area contributed by atoms with E-state index in [4.69, 9.17) is 23.7 Å². The number of rotatable bonds is 22. The van der Waals surface area contributed by atoms with Gasteiger partial charge >= 0.3 is 0 Å². The Morgan fingerprint density at radius 3 is 1.77 bits per heavy atom. The Bertz CT molecular complexity index is 1020. The SMILES string of the molecule is CCCCOC[C@H]1O[C@@H](c2cc(Cc3ccc(CC)cc3)ccc2CO)[C@@H](OCCCC)[C@@H](OCCCC)[C@@H]1OCCCC. The predicted octanol–water partition coefficient (Wildman–Crippen LogP) is 8.14.